The third-order valence-electron chi connectivity index (χ3n) is 7.45. The van der Waals surface area contributed by atoms with Crippen LogP contribution in [-0.2, 0) is 6.54 Å². The van der Waals surface area contributed by atoms with E-state index in [4.69, 9.17) is 9.97 Å². The smallest absolute Gasteiger partial charge is 0.124 e. The number of fused-ring (bicyclic) bond motifs is 6. The van der Waals surface area contributed by atoms with Crippen LogP contribution in [0.25, 0.3) is 54.7 Å². The minimum absolute atomic E-state index is 0.342. The predicted octanol–water partition coefficient (Wildman–Crippen LogP) is 6.34. The Morgan fingerprint density at radius 2 is 1.53 bits per heavy atom. The van der Waals surface area contributed by atoms with Crippen molar-refractivity contribution in [3.8, 4) is 11.1 Å². The topological polar surface area (TPSA) is 81.4 Å². The number of imidazole rings is 2. The molecular weight excluding hydrogens is 444 g/mol. The summed E-state index contributed by atoms with van der Waals surface area (Å²) in [6.45, 7) is 5.01. The van der Waals surface area contributed by atoms with E-state index in [1.807, 2.05) is 0 Å². The molecule has 6 aromatic rings. The van der Waals surface area contributed by atoms with Crippen LogP contribution in [0.1, 0.15) is 43.9 Å². The molecule has 0 bridgehead atoms. The van der Waals surface area contributed by atoms with Gasteiger partial charge in [0.2, 0.25) is 0 Å². The van der Waals surface area contributed by atoms with E-state index in [-0.39, 0.29) is 0 Å². The van der Waals surface area contributed by atoms with Gasteiger partial charge in [0.05, 0.1) is 34.7 Å². The number of aromatic nitrogens is 4. The van der Waals surface area contributed by atoms with Crippen molar-refractivity contribution >= 4 is 43.6 Å². The maximum absolute atomic E-state index is 4.99. The Morgan fingerprint density at radius 1 is 0.833 bits per heavy atom. The van der Waals surface area contributed by atoms with Gasteiger partial charge in [-0.15, -0.1) is 0 Å². The van der Waals surface area contributed by atoms with Crippen LogP contribution in [0.2, 0.25) is 0 Å². The SMILES string of the molecule is CCCNCc1nc2c(ccc3cc(-c4ccc5c(ccc6[nH]c([C@@H]7CCCN7)nc65)c4)ccc32)[nH]1. The van der Waals surface area contributed by atoms with Gasteiger partial charge in [-0.05, 0) is 78.5 Å². The maximum Gasteiger partial charge on any atom is 0.124 e. The summed E-state index contributed by atoms with van der Waals surface area (Å²) in [6, 6.07) is 22.4. The first-order valence-electron chi connectivity index (χ1n) is 13.0. The first kappa shape index (κ1) is 21.5. The van der Waals surface area contributed by atoms with Crippen molar-refractivity contribution in [2.45, 2.75) is 38.8 Å². The van der Waals surface area contributed by atoms with Gasteiger partial charge in [-0.25, -0.2) is 9.97 Å². The van der Waals surface area contributed by atoms with E-state index in [1.165, 1.54) is 39.1 Å². The molecule has 6 heteroatoms. The molecule has 4 N–H and O–H groups in total. The highest BCUT2D eigenvalue weighted by atomic mass is 15.0. The zero-order valence-corrected chi connectivity index (χ0v) is 20.5. The molecule has 180 valence electrons. The Bertz CT molecular complexity index is 1720. The Kier molecular flexibility index (Phi) is 5.22. The number of hydrogen-bond acceptors (Lipinski definition) is 4. The summed E-state index contributed by atoms with van der Waals surface area (Å²) >= 11 is 0. The van der Waals surface area contributed by atoms with Crippen LogP contribution in [0.5, 0.6) is 0 Å². The lowest BCUT2D eigenvalue weighted by atomic mass is 9.98. The van der Waals surface area contributed by atoms with Crippen LogP contribution in [0, 0.1) is 0 Å². The van der Waals surface area contributed by atoms with Crippen LogP contribution in [0.3, 0.4) is 0 Å². The minimum atomic E-state index is 0.342. The molecule has 1 atom stereocenters. The zero-order chi connectivity index (χ0) is 24.1. The molecule has 4 aromatic carbocycles. The first-order valence-corrected chi connectivity index (χ1v) is 13.0. The van der Waals surface area contributed by atoms with Gasteiger partial charge >= 0.3 is 0 Å². The number of hydrogen-bond donors (Lipinski definition) is 4. The standard InChI is InChI=1S/C30H30N6/c1-2-13-31-17-27-33-24-11-7-20-15-18(5-9-22(20)28(24)35-27)19-6-10-23-21(16-19)8-12-25-29(23)36-30(34-25)26-4-3-14-32-26/h5-12,15-16,26,31-32H,2-4,13-14,17H2,1H3,(H,33,35)(H,34,36)/t26-/m0/s1. The summed E-state index contributed by atoms with van der Waals surface area (Å²) in [6.07, 6.45) is 3.47. The third-order valence-corrected chi connectivity index (χ3v) is 7.45. The van der Waals surface area contributed by atoms with E-state index in [2.05, 4.69) is 88.2 Å². The molecule has 0 radical (unpaired) electrons. The molecule has 0 amide bonds. The number of aromatic amines is 2. The van der Waals surface area contributed by atoms with E-state index < -0.39 is 0 Å². The summed E-state index contributed by atoms with van der Waals surface area (Å²) in [7, 11) is 0. The van der Waals surface area contributed by atoms with E-state index in [0.29, 0.717) is 6.04 Å². The van der Waals surface area contributed by atoms with Gasteiger partial charge in [-0.2, -0.15) is 0 Å². The largest absolute Gasteiger partial charge is 0.341 e. The van der Waals surface area contributed by atoms with E-state index in [0.717, 1.165) is 66.2 Å². The average molecular weight is 475 g/mol. The van der Waals surface area contributed by atoms with Crippen molar-refractivity contribution in [2.24, 2.45) is 0 Å². The molecule has 0 aliphatic carbocycles. The highest BCUT2D eigenvalue weighted by molar-refractivity contribution is 6.07. The minimum Gasteiger partial charge on any atom is -0.341 e. The van der Waals surface area contributed by atoms with Gasteiger partial charge in [0.25, 0.3) is 0 Å². The Labute approximate surface area is 209 Å². The Morgan fingerprint density at radius 3 is 2.19 bits per heavy atom. The van der Waals surface area contributed by atoms with Crippen LogP contribution in [0.4, 0.5) is 0 Å². The van der Waals surface area contributed by atoms with Gasteiger partial charge in [0.1, 0.15) is 11.6 Å². The third kappa shape index (κ3) is 3.65. The van der Waals surface area contributed by atoms with Crippen LogP contribution < -0.4 is 10.6 Å². The van der Waals surface area contributed by atoms with Gasteiger partial charge in [-0.3, -0.25) is 0 Å². The molecule has 6 nitrogen and oxygen atoms in total. The Hall–Kier alpha value is -3.74. The normalized spacial score (nSPS) is 16.2. The second-order valence-electron chi connectivity index (χ2n) is 9.93. The van der Waals surface area contributed by atoms with Gasteiger partial charge in [0.15, 0.2) is 0 Å². The average Bonchev–Trinajstić information content (AvgIpc) is 3.67. The summed E-state index contributed by atoms with van der Waals surface area (Å²) in [5, 5.41) is 11.8. The number of rotatable bonds is 6. The van der Waals surface area contributed by atoms with E-state index >= 15 is 0 Å². The second-order valence-corrected chi connectivity index (χ2v) is 9.93. The number of H-pyrrole nitrogens is 2. The monoisotopic (exact) mass is 474 g/mol. The fraction of sp³-hybridized carbons (Fsp3) is 0.267. The molecule has 1 fully saturated rings. The highest BCUT2D eigenvalue weighted by Gasteiger charge is 2.20. The molecule has 0 saturated carbocycles. The zero-order valence-electron chi connectivity index (χ0n) is 20.5. The molecule has 2 aromatic heterocycles. The van der Waals surface area contributed by atoms with Crippen molar-refractivity contribution in [1.29, 1.82) is 0 Å². The van der Waals surface area contributed by atoms with Gasteiger partial charge in [-0.1, -0.05) is 43.3 Å². The lowest BCUT2D eigenvalue weighted by molar-refractivity contribution is 0.614. The quantitative estimate of drug-likeness (QED) is 0.212. The van der Waals surface area contributed by atoms with Crippen LogP contribution in [0.15, 0.2) is 60.7 Å². The lowest BCUT2D eigenvalue weighted by Crippen LogP contribution is -2.14. The van der Waals surface area contributed by atoms with E-state index in [9.17, 15) is 0 Å². The van der Waals surface area contributed by atoms with Crippen molar-refractivity contribution in [3.63, 3.8) is 0 Å². The van der Waals surface area contributed by atoms with Crippen molar-refractivity contribution in [2.75, 3.05) is 13.1 Å². The van der Waals surface area contributed by atoms with Crippen molar-refractivity contribution in [1.82, 2.24) is 30.6 Å². The van der Waals surface area contributed by atoms with Crippen LogP contribution >= 0.6 is 0 Å². The van der Waals surface area contributed by atoms with Gasteiger partial charge < -0.3 is 20.6 Å². The summed E-state index contributed by atoms with van der Waals surface area (Å²) in [5.41, 5.74) is 6.72. The lowest BCUT2D eigenvalue weighted by Gasteiger charge is -2.07. The molecule has 36 heavy (non-hydrogen) atoms. The number of nitrogens with one attached hydrogen (secondary N) is 4. The maximum atomic E-state index is 4.99. The summed E-state index contributed by atoms with van der Waals surface area (Å²) in [4.78, 5) is 16.9. The number of nitrogens with zero attached hydrogens (tertiary/aromatic N) is 2. The highest BCUT2D eigenvalue weighted by Crippen LogP contribution is 2.33. The molecule has 1 aliphatic rings. The summed E-state index contributed by atoms with van der Waals surface area (Å²) < 4.78 is 0. The molecule has 1 aliphatic heterocycles. The van der Waals surface area contributed by atoms with Crippen molar-refractivity contribution < 1.29 is 0 Å². The fourth-order valence-electron chi connectivity index (χ4n) is 5.58. The second kappa shape index (κ2) is 8.73. The molecule has 3 heterocycles. The fourth-order valence-corrected chi connectivity index (χ4v) is 5.58. The summed E-state index contributed by atoms with van der Waals surface area (Å²) in [5.74, 6) is 2.05. The molecule has 0 spiro atoms. The van der Waals surface area contributed by atoms with Crippen LogP contribution in [-0.4, -0.2) is 33.0 Å². The molecule has 7 rings (SSSR count). The Balaban J connectivity index is 1.25. The van der Waals surface area contributed by atoms with Gasteiger partial charge in [0, 0.05) is 10.8 Å². The predicted molar refractivity (Wildman–Crippen MR) is 148 cm³/mol. The molecule has 0 unspecified atom stereocenters. The molecule has 1 saturated heterocycles. The number of benzene rings is 4. The van der Waals surface area contributed by atoms with E-state index in [1.54, 1.807) is 0 Å². The van der Waals surface area contributed by atoms with Crippen molar-refractivity contribution in [3.05, 3.63) is 72.3 Å². The molecular formula is C30H30N6. The first-order chi connectivity index (χ1) is 17.8.